The third kappa shape index (κ3) is 2.02. The van der Waals surface area contributed by atoms with Gasteiger partial charge in [0.1, 0.15) is 5.69 Å². The Hall–Kier alpha value is -2.72. The molecule has 16 heavy (non-hydrogen) atoms. The predicted molar refractivity (Wildman–Crippen MR) is 48.5 cm³/mol. The van der Waals surface area contributed by atoms with Crippen molar-refractivity contribution in [1.82, 2.24) is 25.5 Å². The molecular formula is C5H6N8O3. The maximum atomic E-state index is 10.1. The molecule has 0 unspecified atom stereocenters. The molecule has 2 rings (SSSR count). The van der Waals surface area contributed by atoms with Crippen LogP contribution in [0.4, 0.5) is 11.8 Å². The summed E-state index contributed by atoms with van der Waals surface area (Å²) in [6.45, 7) is 0. The number of aromatic nitrogens is 5. The Balaban J connectivity index is 2.08. The lowest BCUT2D eigenvalue weighted by Crippen LogP contribution is -2.09. The Morgan fingerprint density at radius 3 is 3.00 bits per heavy atom. The summed E-state index contributed by atoms with van der Waals surface area (Å²) < 4.78 is 4.37. The van der Waals surface area contributed by atoms with E-state index in [4.69, 9.17) is 5.73 Å². The number of hydrogen-bond donors (Lipinski definition) is 3. The lowest BCUT2D eigenvalue weighted by atomic mass is 10.3. The number of rotatable bonds is 4. The average Bonchev–Trinajstić information content (AvgIpc) is 2.77. The molecule has 4 N–H and O–H groups in total. The second-order valence-electron chi connectivity index (χ2n) is 2.74. The number of aromatic amines is 1. The van der Waals surface area contributed by atoms with E-state index in [0.717, 1.165) is 0 Å². The minimum atomic E-state index is -0.754. The van der Waals surface area contributed by atoms with Crippen LogP contribution >= 0.6 is 0 Å². The molecule has 11 nitrogen and oxygen atoms in total. The van der Waals surface area contributed by atoms with Gasteiger partial charge in [-0.25, -0.2) is 19.8 Å². The number of nitrogens with zero attached hydrogens (tertiary/aromatic N) is 5. The topological polar surface area (TPSA) is 162 Å². The minimum Gasteiger partial charge on any atom is -0.379 e. The number of anilines is 2. The van der Waals surface area contributed by atoms with Crippen LogP contribution in [0.3, 0.4) is 0 Å². The van der Waals surface area contributed by atoms with E-state index in [1.165, 1.54) is 0 Å². The Morgan fingerprint density at radius 2 is 2.38 bits per heavy atom. The molecule has 0 aromatic carbocycles. The maximum Gasteiger partial charge on any atom is 0.281 e. The largest absolute Gasteiger partial charge is 0.379 e. The SMILES string of the molecule is Nc1nonc1Cc1n[nH]c(N[N+](=O)[O-])n1. The van der Waals surface area contributed by atoms with Gasteiger partial charge in [-0.3, -0.25) is 0 Å². The van der Waals surface area contributed by atoms with Crippen molar-refractivity contribution in [2.75, 3.05) is 11.2 Å². The normalized spacial score (nSPS) is 10.2. The summed E-state index contributed by atoms with van der Waals surface area (Å²) in [6.07, 6.45) is 0.172. The van der Waals surface area contributed by atoms with Crippen molar-refractivity contribution in [3.8, 4) is 0 Å². The summed E-state index contributed by atoms with van der Waals surface area (Å²) in [5.74, 6) is 0.343. The second kappa shape index (κ2) is 3.80. The van der Waals surface area contributed by atoms with Crippen LogP contribution in [0.5, 0.6) is 0 Å². The van der Waals surface area contributed by atoms with E-state index in [-0.39, 0.29) is 24.0 Å². The molecule has 0 saturated carbocycles. The van der Waals surface area contributed by atoms with E-state index < -0.39 is 5.03 Å². The van der Waals surface area contributed by atoms with Crippen LogP contribution in [0, 0.1) is 10.1 Å². The fourth-order valence-electron chi connectivity index (χ4n) is 0.998. The molecule has 0 amide bonds. The summed E-state index contributed by atoms with van der Waals surface area (Å²) in [7, 11) is 0. The zero-order chi connectivity index (χ0) is 11.5. The number of hydrazine groups is 1. The molecule has 2 aromatic rings. The van der Waals surface area contributed by atoms with Gasteiger partial charge in [0.25, 0.3) is 5.95 Å². The molecule has 2 heterocycles. The molecule has 0 spiro atoms. The van der Waals surface area contributed by atoms with Crippen molar-refractivity contribution in [2.45, 2.75) is 6.42 Å². The highest BCUT2D eigenvalue weighted by Gasteiger charge is 2.12. The molecule has 0 fully saturated rings. The molecule has 0 radical (unpaired) electrons. The Morgan fingerprint density at radius 1 is 1.56 bits per heavy atom. The van der Waals surface area contributed by atoms with Crippen molar-refractivity contribution in [2.24, 2.45) is 0 Å². The molecule has 11 heteroatoms. The lowest BCUT2D eigenvalue weighted by Gasteiger charge is -1.89. The van der Waals surface area contributed by atoms with E-state index in [1.807, 2.05) is 5.43 Å². The highest BCUT2D eigenvalue weighted by molar-refractivity contribution is 5.33. The van der Waals surface area contributed by atoms with E-state index >= 15 is 0 Å². The van der Waals surface area contributed by atoms with Gasteiger partial charge in [-0.2, -0.15) is 10.1 Å². The standard InChI is InChI=1S/C5H6N8O3/c6-4-2(11-16-12-4)1-3-7-5(9-8-3)10-13(14)15/h1H2,(H2,6,12)(H2,7,8,9,10). The molecular weight excluding hydrogens is 220 g/mol. The zero-order valence-electron chi connectivity index (χ0n) is 7.75. The van der Waals surface area contributed by atoms with E-state index in [1.54, 1.807) is 0 Å². The van der Waals surface area contributed by atoms with Gasteiger partial charge in [-0.1, -0.05) is 10.6 Å². The fraction of sp³-hybridized carbons (Fsp3) is 0.200. The molecule has 2 aromatic heterocycles. The fourth-order valence-corrected chi connectivity index (χ4v) is 0.998. The summed E-state index contributed by atoms with van der Waals surface area (Å²) in [5.41, 5.74) is 7.61. The maximum absolute atomic E-state index is 10.1. The minimum absolute atomic E-state index is 0.0741. The summed E-state index contributed by atoms with van der Waals surface area (Å²) in [6, 6.07) is 0. The lowest BCUT2D eigenvalue weighted by molar-refractivity contribution is -0.446. The van der Waals surface area contributed by atoms with Crippen LogP contribution < -0.4 is 11.2 Å². The van der Waals surface area contributed by atoms with E-state index in [9.17, 15) is 10.1 Å². The van der Waals surface area contributed by atoms with Crippen LogP contribution in [-0.4, -0.2) is 30.5 Å². The van der Waals surface area contributed by atoms with Gasteiger partial charge in [-0.05, 0) is 5.16 Å². The third-order valence-corrected chi connectivity index (χ3v) is 1.64. The van der Waals surface area contributed by atoms with Crippen LogP contribution in [-0.2, 0) is 6.42 Å². The first-order valence-corrected chi connectivity index (χ1v) is 4.04. The van der Waals surface area contributed by atoms with Gasteiger partial charge in [0.05, 0.1) is 6.42 Å². The van der Waals surface area contributed by atoms with Gasteiger partial charge in [-0.15, -0.1) is 0 Å². The number of nitrogens with two attached hydrogens (primary N) is 1. The smallest absolute Gasteiger partial charge is 0.281 e. The predicted octanol–water partition coefficient (Wildman–Crippen LogP) is -1.04. The average molecular weight is 226 g/mol. The first kappa shape index (κ1) is 9.82. The van der Waals surface area contributed by atoms with Gasteiger partial charge in [0, 0.05) is 0 Å². The van der Waals surface area contributed by atoms with Gasteiger partial charge in [0.2, 0.25) is 0 Å². The van der Waals surface area contributed by atoms with Crippen LogP contribution in [0.15, 0.2) is 4.63 Å². The van der Waals surface area contributed by atoms with E-state index in [2.05, 4.69) is 30.1 Å². The number of H-pyrrole nitrogens is 1. The Kier molecular flexibility index (Phi) is 2.33. The van der Waals surface area contributed by atoms with Gasteiger partial charge < -0.3 is 5.73 Å². The van der Waals surface area contributed by atoms with Crippen molar-refractivity contribution in [3.05, 3.63) is 21.6 Å². The first-order valence-electron chi connectivity index (χ1n) is 4.04. The molecule has 0 saturated heterocycles. The molecule has 0 aliphatic rings. The van der Waals surface area contributed by atoms with Crippen molar-refractivity contribution in [1.29, 1.82) is 0 Å². The van der Waals surface area contributed by atoms with Crippen LogP contribution in [0.25, 0.3) is 0 Å². The number of hydrogen-bond acceptors (Lipinski definition) is 8. The van der Waals surface area contributed by atoms with Crippen molar-refractivity contribution in [3.63, 3.8) is 0 Å². The number of nitro groups is 1. The zero-order valence-corrected chi connectivity index (χ0v) is 7.75. The summed E-state index contributed by atoms with van der Waals surface area (Å²) in [5, 5.41) is 22.3. The van der Waals surface area contributed by atoms with Crippen LogP contribution in [0.2, 0.25) is 0 Å². The summed E-state index contributed by atoms with van der Waals surface area (Å²) in [4.78, 5) is 13.9. The second-order valence-corrected chi connectivity index (χ2v) is 2.74. The van der Waals surface area contributed by atoms with E-state index in [0.29, 0.717) is 5.69 Å². The first-order chi connectivity index (χ1) is 7.65. The highest BCUT2D eigenvalue weighted by Crippen LogP contribution is 2.09. The van der Waals surface area contributed by atoms with Gasteiger partial charge in [0.15, 0.2) is 16.7 Å². The van der Waals surface area contributed by atoms with Crippen molar-refractivity contribution >= 4 is 11.8 Å². The van der Waals surface area contributed by atoms with Crippen LogP contribution in [0.1, 0.15) is 11.5 Å². The molecule has 0 bridgehead atoms. The Labute approximate surface area is 87.1 Å². The number of nitrogen functional groups attached to an aromatic ring is 1. The monoisotopic (exact) mass is 226 g/mol. The van der Waals surface area contributed by atoms with Gasteiger partial charge >= 0.3 is 0 Å². The molecule has 0 atom stereocenters. The van der Waals surface area contributed by atoms with Crippen molar-refractivity contribution < 1.29 is 9.66 Å². The number of nitrogens with one attached hydrogen (secondary N) is 2. The highest BCUT2D eigenvalue weighted by atomic mass is 16.7. The quantitative estimate of drug-likeness (QED) is 0.436. The molecule has 0 aliphatic heterocycles. The third-order valence-electron chi connectivity index (χ3n) is 1.64. The summed E-state index contributed by atoms with van der Waals surface area (Å²) >= 11 is 0. The molecule has 0 aliphatic carbocycles. The molecule has 84 valence electrons. The Bertz CT molecular complexity index is 503.